The lowest BCUT2D eigenvalue weighted by Crippen LogP contribution is -2.25. The molecule has 0 radical (unpaired) electrons. The van der Waals surface area contributed by atoms with Gasteiger partial charge in [-0.05, 0) is 12.0 Å². The number of fused-ring (bicyclic) bond motifs is 1. The number of halogens is 3. The van der Waals surface area contributed by atoms with Gasteiger partial charge >= 0.3 is 5.97 Å². The van der Waals surface area contributed by atoms with Crippen LogP contribution < -0.4 is 15.5 Å². The van der Waals surface area contributed by atoms with E-state index < -0.39 is 52.6 Å². The Morgan fingerprint density at radius 3 is 2.30 bits per heavy atom. The first kappa shape index (κ1) is 24.1. The summed E-state index contributed by atoms with van der Waals surface area (Å²) < 4.78 is 48.1. The number of aliphatic hydroxyl groups is 1. The Bertz CT molecular complexity index is 1250. The number of carbonyl (C=O) groups is 1. The molecule has 0 saturated carbocycles. The van der Waals surface area contributed by atoms with Gasteiger partial charge in [0.15, 0.2) is 0 Å². The number of anilines is 1. The molecule has 1 atom stereocenters. The monoisotopic (exact) mass is 464 g/mol. The van der Waals surface area contributed by atoms with E-state index in [4.69, 9.17) is 4.74 Å². The van der Waals surface area contributed by atoms with Crippen molar-refractivity contribution in [1.82, 2.24) is 4.57 Å². The second-order valence-electron chi connectivity index (χ2n) is 7.85. The highest BCUT2D eigenvalue weighted by atomic mass is 19.1. The van der Waals surface area contributed by atoms with Gasteiger partial charge in [-0.15, -0.1) is 0 Å². The molecule has 0 aliphatic carbocycles. The third kappa shape index (κ3) is 4.65. The largest absolute Gasteiger partial charge is 0.495 e. The Morgan fingerprint density at radius 1 is 1.15 bits per heavy atom. The Labute approximate surface area is 187 Å². The number of carboxylic acids is 1. The fraction of sp³-hybridized carbons (Fsp3) is 0.304. The van der Waals surface area contributed by atoms with E-state index in [-0.39, 0.29) is 29.3 Å². The summed E-state index contributed by atoms with van der Waals surface area (Å²) in [5.41, 5.74) is -1.19. The first-order valence-electron chi connectivity index (χ1n) is 10.1. The summed E-state index contributed by atoms with van der Waals surface area (Å²) in [5, 5.41) is 22.2. The normalized spacial score (nSPS) is 12.2. The number of nitrogens with zero attached hydrogens (tertiary/aromatic N) is 1. The SMILES string of the molecule is COc1cc2c(cc1NCc1c(F)cc(F)cc1F)c(=O)c(C(=O)O)cn2C(CO)C(C)C. The van der Waals surface area contributed by atoms with Gasteiger partial charge in [0.2, 0.25) is 5.43 Å². The molecule has 33 heavy (non-hydrogen) atoms. The Kier molecular flexibility index (Phi) is 6.97. The summed E-state index contributed by atoms with van der Waals surface area (Å²) in [4.78, 5) is 24.6. The second kappa shape index (κ2) is 9.53. The van der Waals surface area contributed by atoms with Gasteiger partial charge in [0.1, 0.15) is 28.8 Å². The third-order valence-electron chi connectivity index (χ3n) is 5.46. The fourth-order valence-corrected chi connectivity index (χ4v) is 3.66. The zero-order chi connectivity index (χ0) is 24.4. The lowest BCUT2D eigenvalue weighted by atomic mass is 10.0. The number of hydrogen-bond donors (Lipinski definition) is 3. The summed E-state index contributed by atoms with van der Waals surface area (Å²) in [6.45, 7) is 2.98. The van der Waals surface area contributed by atoms with E-state index in [2.05, 4.69) is 5.32 Å². The molecule has 1 unspecified atom stereocenters. The molecule has 3 N–H and O–H groups in total. The van der Waals surface area contributed by atoms with Crippen LogP contribution in [-0.4, -0.2) is 34.5 Å². The highest BCUT2D eigenvalue weighted by Gasteiger charge is 2.23. The molecule has 10 heteroatoms. The fourth-order valence-electron chi connectivity index (χ4n) is 3.66. The highest BCUT2D eigenvalue weighted by Crippen LogP contribution is 2.32. The zero-order valence-corrected chi connectivity index (χ0v) is 18.2. The minimum Gasteiger partial charge on any atom is -0.495 e. The number of carboxylic acid groups (broad SMARTS) is 1. The minimum atomic E-state index is -1.43. The zero-order valence-electron chi connectivity index (χ0n) is 18.2. The summed E-state index contributed by atoms with van der Waals surface area (Å²) in [6, 6.07) is 3.38. The highest BCUT2D eigenvalue weighted by molar-refractivity contribution is 5.94. The van der Waals surface area contributed by atoms with Crippen molar-refractivity contribution in [3.63, 3.8) is 0 Å². The molecule has 176 valence electrons. The summed E-state index contributed by atoms with van der Waals surface area (Å²) >= 11 is 0. The number of hydrogen-bond acceptors (Lipinski definition) is 5. The maximum atomic E-state index is 14.0. The van der Waals surface area contributed by atoms with Crippen LogP contribution in [0.5, 0.6) is 5.75 Å². The van der Waals surface area contributed by atoms with Gasteiger partial charge in [0, 0.05) is 41.9 Å². The van der Waals surface area contributed by atoms with Gasteiger partial charge in [-0.25, -0.2) is 18.0 Å². The van der Waals surface area contributed by atoms with Crippen LogP contribution in [0.3, 0.4) is 0 Å². The molecule has 0 spiro atoms. The lowest BCUT2D eigenvalue weighted by molar-refractivity contribution is 0.0694. The smallest absolute Gasteiger partial charge is 0.341 e. The van der Waals surface area contributed by atoms with Gasteiger partial charge in [0.05, 0.1) is 31.0 Å². The summed E-state index contributed by atoms with van der Waals surface area (Å²) in [5.74, 6) is -4.55. The van der Waals surface area contributed by atoms with Crippen LogP contribution in [0.2, 0.25) is 0 Å². The molecule has 0 aliphatic heterocycles. The first-order chi connectivity index (χ1) is 15.6. The number of methoxy groups -OCH3 is 1. The Morgan fingerprint density at radius 2 is 1.79 bits per heavy atom. The van der Waals surface area contributed by atoms with Gasteiger partial charge in [-0.1, -0.05) is 13.8 Å². The van der Waals surface area contributed by atoms with Gasteiger partial charge in [0.25, 0.3) is 0 Å². The number of benzene rings is 2. The van der Waals surface area contributed by atoms with Crippen LogP contribution in [-0.2, 0) is 6.54 Å². The van der Waals surface area contributed by atoms with Crippen molar-refractivity contribution in [2.24, 2.45) is 5.92 Å². The summed E-state index contributed by atoms with van der Waals surface area (Å²) in [6.07, 6.45) is 1.18. The van der Waals surface area contributed by atoms with Crippen molar-refractivity contribution in [3.8, 4) is 5.75 Å². The molecule has 0 saturated heterocycles. The summed E-state index contributed by atoms with van der Waals surface area (Å²) in [7, 11) is 1.35. The predicted octanol–water partition coefficient (Wildman–Crippen LogP) is 3.93. The van der Waals surface area contributed by atoms with E-state index in [1.165, 1.54) is 30.0 Å². The molecule has 7 nitrogen and oxygen atoms in total. The topological polar surface area (TPSA) is 101 Å². The van der Waals surface area contributed by atoms with Crippen molar-refractivity contribution in [3.05, 3.63) is 69.3 Å². The van der Waals surface area contributed by atoms with Crippen molar-refractivity contribution in [2.45, 2.75) is 26.4 Å². The molecule has 0 aliphatic rings. The second-order valence-corrected chi connectivity index (χ2v) is 7.85. The van der Waals surface area contributed by atoms with Gasteiger partial charge < -0.3 is 24.8 Å². The van der Waals surface area contributed by atoms with Crippen LogP contribution >= 0.6 is 0 Å². The van der Waals surface area contributed by atoms with Crippen LogP contribution in [0.1, 0.15) is 35.8 Å². The molecular weight excluding hydrogens is 441 g/mol. The lowest BCUT2D eigenvalue weighted by Gasteiger charge is -2.25. The number of aliphatic hydroxyl groups excluding tert-OH is 1. The Balaban J connectivity index is 2.19. The number of pyridine rings is 1. The molecule has 1 heterocycles. The van der Waals surface area contributed by atoms with Crippen LogP contribution in [0.25, 0.3) is 10.9 Å². The molecular formula is C23H23F3N2O5. The van der Waals surface area contributed by atoms with E-state index in [0.717, 1.165) is 0 Å². The van der Waals surface area contributed by atoms with E-state index >= 15 is 0 Å². The van der Waals surface area contributed by atoms with E-state index in [1.807, 2.05) is 13.8 Å². The standard InChI is InChI=1S/C23H23F3N2O5/c1-11(2)20(10-29)28-9-15(23(31)32)22(30)13-6-18(21(33-3)7-19(13)28)27-8-14-16(25)4-12(24)5-17(14)26/h4-7,9,11,20,27,29H,8,10H2,1-3H3,(H,31,32). The molecule has 0 bridgehead atoms. The van der Waals surface area contributed by atoms with Crippen molar-refractivity contribution >= 4 is 22.6 Å². The molecule has 3 rings (SSSR count). The quantitative estimate of drug-likeness (QED) is 0.467. The number of aromatic carboxylic acids is 1. The third-order valence-corrected chi connectivity index (χ3v) is 5.46. The Hall–Kier alpha value is -3.53. The number of nitrogens with one attached hydrogen (secondary N) is 1. The van der Waals surface area contributed by atoms with Crippen LogP contribution in [0.4, 0.5) is 18.9 Å². The number of ether oxygens (including phenoxy) is 1. The van der Waals surface area contributed by atoms with Crippen molar-refractivity contribution < 1.29 is 32.9 Å². The molecule has 0 fully saturated rings. The molecule has 2 aromatic carbocycles. The van der Waals surface area contributed by atoms with E-state index in [0.29, 0.717) is 17.6 Å². The minimum absolute atomic E-state index is 0.0114. The average molecular weight is 464 g/mol. The maximum Gasteiger partial charge on any atom is 0.341 e. The predicted molar refractivity (Wildman–Crippen MR) is 116 cm³/mol. The number of rotatable bonds is 8. The first-order valence-corrected chi connectivity index (χ1v) is 10.1. The van der Waals surface area contributed by atoms with E-state index in [1.54, 1.807) is 0 Å². The van der Waals surface area contributed by atoms with Crippen LogP contribution in [0, 0.1) is 23.4 Å². The molecule has 0 amide bonds. The average Bonchev–Trinajstić information content (AvgIpc) is 2.74. The molecule has 1 aromatic heterocycles. The number of aromatic nitrogens is 1. The van der Waals surface area contributed by atoms with Gasteiger partial charge in [-0.2, -0.15) is 0 Å². The van der Waals surface area contributed by atoms with Crippen molar-refractivity contribution in [1.29, 1.82) is 0 Å². The molecule has 3 aromatic rings. The maximum absolute atomic E-state index is 14.0. The van der Waals surface area contributed by atoms with Crippen molar-refractivity contribution in [2.75, 3.05) is 19.0 Å². The van der Waals surface area contributed by atoms with Crippen LogP contribution in [0.15, 0.2) is 35.3 Å². The van der Waals surface area contributed by atoms with E-state index in [9.17, 15) is 33.0 Å². The van der Waals surface area contributed by atoms with Gasteiger partial charge in [-0.3, -0.25) is 4.79 Å².